The first-order chi connectivity index (χ1) is 19.7. The number of ether oxygens (including phenoxy) is 1. The maximum atomic E-state index is 14.8. The van der Waals surface area contributed by atoms with Crippen LogP contribution in [0.3, 0.4) is 0 Å². The van der Waals surface area contributed by atoms with Crippen molar-refractivity contribution in [1.29, 1.82) is 0 Å². The van der Waals surface area contributed by atoms with Crippen LogP contribution in [0.25, 0.3) is 16.4 Å². The Morgan fingerprint density at radius 1 is 1.29 bits per heavy atom. The van der Waals surface area contributed by atoms with Gasteiger partial charge in [0.15, 0.2) is 17.1 Å². The van der Waals surface area contributed by atoms with Gasteiger partial charge in [0.05, 0.1) is 36.0 Å². The van der Waals surface area contributed by atoms with Crippen molar-refractivity contribution < 1.29 is 28.7 Å². The molecule has 6 rings (SSSR count). The Kier molecular flexibility index (Phi) is 7.41. The highest BCUT2D eigenvalue weighted by atomic mass is 32.2. The van der Waals surface area contributed by atoms with Crippen LogP contribution in [0.2, 0.25) is 0 Å². The molecule has 0 spiro atoms. The number of thiazole rings is 1. The molecule has 2 aliphatic rings. The molecular formula is C29H25FN4O5S2. The predicted molar refractivity (Wildman–Crippen MR) is 151 cm³/mol. The van der Waals surface area contributed by atoms with Crippen LogP contribution in [-0.4, -0.2) is 54.3 Å². The molecular weight excluding hydrogens is 567 g/mol. The van der Waals surface area contributed by atoms with E-state index >= 15 is 0 Å². The summed E-state index contributed by atoms with van der Waals surface area (Å²) in [7, 11) is 0. The number of nitrogens with zero attached hydrogens (tertiary/aromatic N) is 3. The highest BCUT2D eigenvalue weighted by Gasteiger charge is 2.34. The first-order valence-electron chi connectivity index (χ1n) is 12.9. The molecule has 9 nitrogen and oxygen atoms in total. The molecule has 2 aromatic carbocycles. The number of halogens is 1. The van der Waals surface area contributed by atoms with Crippen molar-refractivity contribution in [2.24, 2.45) is 11.1 Å². The van der Waals surface area contributed by atoms with Crippen LogP contribution in [0.1, 0.15) is 45.7 Å². The zero-order chi connectivity index (χ0) is 28.7. The molecule has 1 saturated heterocycles. The van der Waals surface area contributed by atoms with Crippen LogP contribution in [0.5, 0.6) is 0 Å². The van der Waals surface area contributed by atoms with Gasteiger partial charge in [-0.3, -0.25) is 0 Å². The van der Waals surface area contributed by atoms with Crippen molar-refractivity contribution in [3.63, 3.8) is 0 Å². The minimum atomic E-state index is -1.95. The molecule has 12 heteroatoms. The molecule has 1 saturated carbocycles. The lowest BCUT2D eigenvalue weighted by molar-refractivity contribution is -0.140. The standard InChI is InChI=1S/C29H25FN4O5S2/c30-22-12-19(6-7-25(22)41(31)38)11-21-24(13-18-4-5-18)34(28-32-23(14-40-28)27(35)36)33-26(21)20-3-1-2-17(10-20)8-9-29(37)15-39-16-29/h1-3,6-7,10,12,14,18,37H,4-5,11,13,15-16,31H2,(H,35,36). The average molecular weight is 593 g/mol. The predicted octanol–water partition coefficient (Wildman–Crippen LogP) is 3.47. The number of rotatable bonds is 8. The Bertz CT molecular complexity index is 1700. The van der Waals surface area contributed by atoms with Gasteiger partial charge in [0.25, 0.3) is 0 Å². The summed E-state index contributed by atoms with van der Waals surface area (Å²) in [5.41, 5.74) is 3.21. The normalized spacial score (nSPS) is 16.5. The van der Waals surface area contributed by atoms with E-state index in [0.29, 0.717) is 40.7 Å². The van der Waals surface area contributed by atoms with Gasteiger partial charge in [-0.1, -0.05) is 30.0 Å². The molecule has 0 amide bonds. The first-order valence-corrected chi connectivity index (χ1v) is 15.0. The Balaban J connectivity index is 1.48. The SMILES string of the molecule is N[S+]([O-])c1ccc(Cc2c(-c3cccc(C#CC4(O)COC4)c3)nn(-c3nc(C(=O)O)cs3)c2CC2CC2)cc1F. The molecule has 0 radical (unpaired) electrons. The number of nitrogens with two attached hydrogens (primary N) is 1. The maximum absolute atomic E-state index is 14.8. The maximum Gasteiger partial charge on any atom is 0.355 e. The van der Waals surface area contributed by atoms with Crippen LogP contribution >= 0.6 is 11.3 Å². The number of aliphatic hydroxyl groups is 1. The summed E-state index contributed by atoms with van der Waals surface area (Å²) in [6.07, 6.45) is 3.16. The summed E-state index contributed by atoms with van der Waals surface area (Å²) in [5.74, 6) is 4.57. The van der Waals surface area contributed by atoms with Crippen molar-refractivity contribution in [2.75, 3.05) is 13.2 Å². The molecule has 1 aliphatic heterocycles. The van der Waals surface area contributed by atoms with Crippen LogP contribution in [0, 0.1) is 23.6 Å². The summed E-state index contributed by atoms with van der Waals surface area (Å²) in [6, 6.07) is 11.9. The molecule has 1 unspecified atom stereocenters. The Hall–Kier alpha value is -3.57. The third-order valence-electron chi connectivity index (χ3n) is 7.01. The van der Waals surface area contributed by atoms with Gasteiger partial charge >= 0.3 is 5.97 Å². The lowest BCUT2D eigenvalue weighted by Gasteiger charge is -2.30. The van der Waals surface area contributed by atoms with E-state index in [4.69, 9.17) is 15.0 Å². The summed E-state index contributed by atoms with van der Waals surface area (Å²) in [6.45, 7) is 0.329. The largest absolute Gasteiger partial charge is 0.593 e. The van der Waals surface area contributed by atoms with E-state index in [1.807, 2.05) is 24.3 Å². The van der Waals surface area contributed by atoms with Crippen LogP contribution < -0.4 is 5.14 Å². The van der Waals surface area contributed by atoms with E-state index in [9.17, 15) is 24.0 Å². The molecule has 4 N–H and O–H groups in total. The van der Waals surface area contributed by atoms with Gasteiger partial charge in [0.2, 0.25) is 10.0 Å². The fraction of sp³-hybridized carbons (Fsp3) is 0.276. The van der Waals surface area contributed by atoms with Gasteiger partial charge < -0.3 is 19.5 Å². The van der Waals surface area contributed by atoms with Crippen molar-refractivity contribution in [3.8, 4) is 28.2 Å². The van der Waals surface area contributed by atoms with Gasteiger partial charge in [0, 0.05) is 28.5 Å². The van der Waals surface area contributed by atoms with Crippen molar-refractivity contribution >= 4 is 28.7 Å². The second-order valence-corrected chi connectivity index (χ2v) is 12.1. The number of hydrogen-bond donors (Lipinski definition) is 3. The molecule has 1 aliphatic carbocycles. The van der Waals surface area contributed by atoms with E-state index in [1.54, 1.807) is 10.7 Å². The third-order valence-corrected chi connectivity index (χ3v) is 8.59. The van der Waals surface area contributed by atoms with Crippen LogP contribution in [0.4, 0.5) is 4.39 Å². The molecule has 2 aromatic heterocycles. The van der Waals surface area contributed by atoms with E-state index in [1.165, 1.54) is 28.8 Å². The highest BCUT2D eigenvalue weighted by molar-refractivity contribution is 7.89. The van der Waals surface area contributed by atoms with Gasteiger partial charge in [0.1, 0.15) is 0 Å². The van der Waals surface area contributed by atoms with E-state index < -0.39 is 28.7 Å². The Labute approximate surface area is 242 Å². The summed E-state index contributed by atoms with van der Waals surface area (Å²) in [4.78, 5) is 15.8. The Morgan fingerprint density at radius 2 is 2.10 bits per heavy atom. The van der Waals surface area contributed by atoms with E-state index in [0.717, 1.165) is 29.7 Å². The average Bonchev–Trinajstić information content (AvgIpc) is 3.48. The molecule has 41 heavy (non-hydrogen) atoms. The number of aromatic nitrogens is 3. The number of carbonyl (C=O) groups is 1. The number of aromatic carboxylic acids is 1. The smallest absolute Gasteiger partial charge is 0.355 e. The molecule has 2 fully saturated rings. The fourth-order valence-corrected chi connectivity index (χ4v) is 5.87. The lowest BCUT2D eigenvalue weighted by atomic mass is 9.96. The van der Waals surface area contributed by atoms with Gasteiger partial charge in [-0.15, -0.1) is 16.5 Å². The zero-order valence-corrected chi connectivity index (χ0v) is 23.3. The minimum Gasteiger partial charge on any atom is -0.593 e. The summed E-state index contributed by atoms with van der Waals surface area (Å²) in [5, 5.41) is 32.0. The Morgan fingerprint density at radius 3 is 2.73 bits per heavy atom. The molecule has 3 heterocycles. The molecule has 0 bridgehead atoms. The first kappa shape index (κ1) is 27.6. The van der Waals surface area contributed by atoms with Crippen molar-refractivity contribution in [1.82, 2.24) is 14.8 Å². The van der Waals surface area contributed by atoms with Crippen LogP contribution in [-0.2, 0) is 28.9 Å². The number of hydrogen-bond acceptors (Lipinski definition) is 8. The van der Waals surface area contributed by atoms with Crippen LogP contribution in [0.15, 0.2) is 52.7 Å². The monoisotopic (exact) mass is 592 g/mol. The summed E-state index contributed by atoms with van der Waals surface area (Å²) < 4.78 is 33.2. The van der Waals surface area contributed by atoms with Crippen molar-refractivity contribution in [2.45, 2.75) is 36.2 Å². The quantitative estimate of drug-likeness (QED) is 0.208. The second kappa shape index (κ2) is 11.0. The van der Waals surface area contributed by atoms with Crippen molar-refractivity contribution in [3.05, 3.63) is 81.7 Å². The topological polar surface area (TPSA) is 147 Å². The van der Waals surface area contributed by atoms with Gasteiger partial charge in [-0.2, -0.15) is 5.10 Å². The summed E-state index contributed by atoms with van der Waals surface area (Å²) >= 11 is -0.763. The van der Waals surface area contributed by atoms with Gasteiger partial charge in [-0.05, 0) is 55.0 Å². The fourth-order valence-electron chi connectivity index (χ4n) is 4.65. The zero-order valence-electron chi connectivity index (χ0n) is 21.7. The molecule has 1 atom stereocenters. The minimum absolute atomic E-state index is 0.0661. The number of carboxylic acid groups (broad SMARTS) is 1. The lowest BCUT2D eigenvalue weighted by Crippen LogP contribution is -2.48. The van der Waals surface area contributed by atoms with Gasteiger partial charge in [-0.25, -0.2) is 18.9 Å². The van der Waals surface area contributed by atoms with E-state index in [2.05, 4.69) is 16.8 Å². The second-order valence-electron chi connectivity index (χ2n) is 10.2. The molecule has 210 valence electrons. The van der Waals surface area contributed by atoms with E-state index in [-0.39, 0.29) is 23.8 Å². The highest BCUT2D eigenvalue weighted by Crippen LogP contribution is 2.38. The molecule has 4 aromatic rings. The third kappa shape index (κ3) is 5.92. The number of benzene rings is 2. The number of carboxylic acids is 1.